The molecule has 0 bridgehead atoms. The number of anilines is 1. The highest BCUT2D eigenvalue weighted by Gasteiger charge is 2.30. The maximum absolute atomic E-state index is 12.4. The SMILES string of the molecule is O=C(CN1CCC[C@@H]1CO)Nc1ccc(C(F)(F)F)cc1. The van der Waals surface area contributed by atoms with E-state index in [2.05, 4.69) is 5.32 Å². The fraction of sp³-hybridized carbons (Fsp3) is 0.500. The maximum Gasteiger partial charge on any atom is 0.416 e. The number of nitrogens with zero attached hydrogens (tertiary/aromatic N) is 1. The minimum atomic E-state index is -4.38. The molecular formula is C14H17F3N2O2. The average molecular weight is 302 g/mol. The van der Waals surface area contributed by atoms with E-state index in [4.69, 9.17) is 5.11 Å². The third kappa shape index (κ3) is 4.18. The Labute approximate surface area is 120 Å². The van der Waals surface area contributed by atoms with Crippen molar-refractivity contribution in [2.45, 2.75) is 25.1 Å². The van der Waals surface area contributed by atoms with Crippen molar-refractivity contribution in [1.29, 1.82) is 0 Å². The van der Waals surface area contributed by atoms with E-state index < -0.39 is 11.7 Å². The Balaban J connectivity index is 1.91. The van der Waals surface area contributed by atoms with E-state index in [-0.39, 0.29) is 25.1 Å². The van der Waals surface area contributed by atoms with Crippen LogP contribution in [-0.2, 0) is 11.0 Å². The Morgan fingerprint density at radius 2 is 2.00 bits per heavy atom. The van der Waals surface area contributed by atoms with Crippen LogP contribution in [0.5, 0.6) is 0 Å². The number of amides is 1. The zero-order valence-corrected chi connectivity index (χ0v) is 11.4. The van der Waals surface area contributed by atoms with Gasteiger partial charge in [-0.1, -0.05) is 0 Å². The monoisotopic (exact) mass is 302 g/mol. The molecule has 1 aromatic rings. The number of benzene rings is 1. The first kappa shape index (κ1) is 15.8. The fourth-order valence-corrected chi connectivity index (χ4v) is 2.44. The summed E-state index contributed by atoms with van der Waals surface area (Å²) < 4.78 is 37.3. The maximum atomic E-state index is 12.4. The molecular weight excluding hydrogens is 285 g/mol. The van der Waals surface area contributed by atoms with Gasteiger partial charge in [0, 0.05) is 11.7 Å². The van der Waals surface area contributed by atoms with E-state index in [1.165, 1.54) is 12.1 Å². The Morgan fingerprint density at radius 3 is 2.57 bits per heavy atom. The van der Waals surface area contributed by atoms with Crippen molar-refractivity contribution in [3.63, 3.8) is 0 Å². The number of alkyl halides is 3. The van der Waals surface area contributed by atoms with Crippen LogP contribution in [0.3, 0.4) is 0 Å². The minimum Gasteiger partial charge on any atom is -0.395 e. The van der Waals surface area contributed by atoms with E-state index in [9.17, 15) is 18.0 Å². The van der Waals surface area contributed by atoms with Gasteiger partial charge in [0.05, 0.1) is 18.7 Å². The summed E-state index contributed by atoms with van der Waals surface area (Å²) in [4.78, 5) is 13.7. The molecule has 1 aliphatic heterocycles. The molecule has 21 heavy (non-hydrogen) atoms. The van der Waals surface area contributed by atoms with Gasteiger partial charge in [-0.3, -0.25) is 9.69 Å². The standard InChI is InChI=1S/C14H17F3N2O2/c15-14(16,17)10-3-5-11(6-4-10)18-13(21)8-19-7-1-2-12(19)9-20/h3-6,12,20H,1-2,7-9H2,(H,18,21)/t12-/m1/s1. The molecule has 116 valence electrons. The van der Waals surface area contributed by atoms with Crippen molar-refractivity contribution in [3.8, 4) is 0 Å². The molecule has 0 unspecified atom stereocenters. The number of hydrogen-bond donors (Lipinski definition) is 2. The van der Waals surface area contributed by atoms with Gasteiger partial charge in [0.15, 0.2) is 0 Å². The molecule has 0 saturated carbocycles. The van der Waals surface area contributed by atoms with Crippen LogP contribution in [0.25, 0.3) is 0 Å². The molecule has 1 fully saturated rings. The minimum absolute atomic E-state index is 0.00750. The highest BCUT2D eigenvalue weighted by molar-refractivity contribution is 5.92. The number of halogens is 3. The lowest BCUT2D eigenvalue weighted by Gasteiger charge is -2.21. The molecule has 0 aliphatic carbocycles. The number of aliphatic hydroxyl groups excluding tert-OH is 1. The van der Waals surface area contributed by atoms with Crippen LogP contribution >= 0.6 is 0 Å². The van der Waals surface area contributed by atoms with Gasteiger partial charge in [-0.2, -0.15) is 13.2 Å². The van der Waals surface area contributed by atoms with E-state index in [1.807, 2.05) is 4.90 Å². The molecule has 0 spiro atoms. The van der Waals surface area contributed by atoms with Crippen LogP contribution in [-0.4, -0.2) is 41.7 Å². The van der Waals surface area contributed by atoms with Gasteiger partial charge in [-0.15, -0.1) is 0 Å². The topological polar surface area (TPSA) is 52.6 Å². The molecule has 0 aromatic heterocycles. The van der Waals surface area contributed by atoms with Crippen molar-refractivity contribution >= 4 is 11.6 Å². The smallest absolute Gasteiger partial charge is 0.395 e. The van der Waals surface area contributed by atoms with Gasteiger partial charge in [0.2, 0.25) is 5.91 Å². The lowest BCUT2D eigenvalue weighted by Crippen LogP contribution is -2.38. The second kappa shape index (κ2) is 6.44. The molecule has 1 saturated heterocycles. The Kier molecular flexibility index (Phi) is 4.84. The normalized spacial score (nSPS) is 19.7. The van der Waals surface area contributed by atoms with Gasteiger partial charge in [0.1, 0.15) is 0 Å². The summed E-state index contributed by atoms with van der Waals surface area (Å²) in [5, 5.41) is 11.7. The second-order valence-electron chi connectivity index (χ2n) is 5.07. The van der Waals surface area contributed by atoms with Crippen molar-refractivity contribution in [2.75, 3.05) is 25.0 Å². The first-order valence-corrected chi connectivity index (χ1v) is 6.72. The summed E-state index contributed by atoms with van der Waals surface area (Å²) in [7, 11) is 0. The molecule has 1 atom stereocenters. The van der Waals surface area contributed by atoms with Gasteiger partial charge in [-0.25, -0.2) is 0 Å². The highest BCUT2D eigenvalue weighted by atomic mass is 19.4. The zero-order chi connectivity index (χ0) is 15.5. The summed E-state index contributed by atoms with van der Waals surface area (Å²) in [6.07, 6.45) is -2.60. The lowest BCUT2D eigenvalue weighted by atomic mass is 10.2. The van der Waals surface area contributed by atoms with Crippen LogP contribution in [0.1, 0.15) is 18.4 Å². The van der Waals surface area contributed by atoms with Crippen LogP contribution in [0.2, 0.25) is 0 Å². The summed E-state index contributed by atoms with van der Waals surface area (Å²) >= 11 is 0. The largest absolute Gasteiger partial charge is 0.416 e. The molecule has 1 amide bonds. The van der Waals surface area contributed by atoms with Gasteiger partial charge >= 0.3 is 6.18 Å². The van der Waals surface area contributed by atoms with Gasteiger partial charge in [-0.05, 0) is 43.7 Å². The highest BCUT2D eigenvalue weighted by Crippen LogP contribution is 2.29. The number of carbonyl (C=O) groups is 1. The van der Waals surface area contributed by atoms with E-state index >= 15 is 0 Å². The zero-order valence-electron chi connectivity index (χ0n) is 11.4. The molecule has 1 heterocycles. The Hall–Kier alpha value is -1.60. The summed E-state index contributed by atoms with van der Waals surface area (Å²) in [6.45, 7) is 0.880. The summed E-state index contributed by atoms with van der Waals surface area (Å²) in [5.41, 5.74) is -0.423. The molecule has 4 nitrogen and oxygen atoms in total. The van der Waals surface area contributed by atoms with Crippen molar-refractivity contribution < 1.29 is 23.1 Å². The number of aliphatic hydroxyl groups is 1. The third-order valence-electron chi connectivity index (χ3n) is 3.55. The van der Waals surface area contributed by atoms with Crippen LogP contribution in [0.15, 0.2) is 24.3 Å². The van der Waals surface area contributed by atoms with Gasteiger partial charge < -0.3 is 10.4 Å². The van der Waals surface area contributed by atoms with E-state index in [0.717, 1.165) is 31.5 Å². The Bertz CT molecular complexity index is 488. The van der Waals surface area contributed by atoms with E-state index in [0.29, 0.717) is 5.69 Å². The number of nitrogens with one attached hydrogen (secondary N) is 1. The van der Waals surface area contributed by atoms with Crippen LogP contribution < -0.4 is 5.32 Å². The summed E-state index contributed by atoms with van der Waals surface area (Å²) in [5.74, 6) is -0.296. The first-order valence-electron chi connectivity index (χ1n) is 6.72. The van der Waals surface area contributed by atoms with Crippen molar-refractivity contribution in [3.05, 3.63) is 29.8 Å². The molecule has 2 rings (SSSR count). The molecule has 7 heteroatoms. The predicted octanol–water partition coefficient (Wildman–Crippen LogP) is 2.10. The van der Waals surface area contributed by atoms with Gasteiger partial charge in [0.25, 0.3) is 0 Å². The number of rotatable bonds is 4. The predicted molar refractivity (Wildman–Crippen MR) is 71.8 cm³/mol. The van der Waals surface area contributed by atoms with Crippen LogP contribution in [0, 0.1) is 0 Å². The lowest BCUT2D eigenvalue weighted by molar-refractivity contribution is -0.137. The number of likely N-dealkylation sites (tertiary alicyclic amines) is 1. The second-order valence-corrected chi connectivity index (χ2v) is 5.07. The molecule has 0 radical (unpaired) electrons. The fourth-order valence-electron chi connectivity index (χ4n) is 2.44. The quantitative estimate of drug-likeness (QED) is 0.895. The number of hydrogen-bond acceptors (Lipinski definition) is 3. The van der Waals surface area contributed by atoms with E-state index in [1.54, 1.807) is 0 Å². The molecule has 1 aromatic carbocycles. The Morgan fingerprint density at radius 1 is 1.33 bits per heavy atom. The third-order valence-corrected chi connectivity index (χ3v) is 3.55. The molecule has 1 aliphatic rings. The first-order chi connectivity index (χ1) is 9.90. The average Bonchev–Trinajstić information content (AvgIpc) is 2.85. The van der Waals surface area contributed by atoms with Crippen LogP contribution in [0.4, 0.5) is 18.9 Å². The summed E-state index contributed by atoms with van der Waals surface area (Å²) in [6, 6.07) is 4.32. The van der Waals surface area contributed by atoms with Crippen molar-refractivity contribution in [2.24, 2.45) is 0 Å². The molecule has 2 N–H and O–H groups in total. The van der Waals surface area contributed by atoms with Crippen molar-refractivity contribution in [1.82, 2.24) is 4.90 Å². The number of carbonyl (C=O) groups excluding carboxylic acids is 1.